The molecule has 1 N–H and O–H groups in total. The molecule has 10 heteroatoms. The molecule has 0 radical (unpaired) electrons. The summed E-state index contributed by atoms with van der Waals surface area (Å²) >= 11 is 1.54. The first kappa shape index (κ1) is 26.9. The molecular weight excluding hydrogens is 547 g/mol. The molecule has 2 heterocycles. The molecule has 0 unspecified atom stereocenters. The average Bonchev–Trinajstić information content (AvgIpc) is 3.60. The van der Waals surface area contributed by atoms with Gasteiger partial charge in [-0.1, -0.05) is 25.0 Å². The number of halogens is 1. The minimum atomic E-state index is -2.96. The maximum Gasteiger partial charge on any atom is 0.225 e. The van der Waals surface area contributed by atoms with Crippen LogP contribution in [0.3, 0.4) is 0 Å². The Morgan fingerprint density at radius 1 is 1.02 bits per heavy atom. The third-order valence-electron chi connectivity index (χ3n) is 8.36. The van der Waals surface area contributed by atoms with Gasteiger partial charge in [0.2, 0.25) is 5.91 Å². The smallest absolute Gasteiger partial charge is 0.225 e. The van der Waals surface area contributed by atoms with Gasteiger partial charge in [0, 0.05) is 36.2 Å². The fourth-order valence-corrected chi connectivity index (χ4v) is 8.14. The van der Waals surface area contributed by atoms with E-state index in [1.165, 1.54) is 23.5 Å². The second kappa shape index (κ2) is 10.6. The van der Waals surface area contributed by atoms with Crippen LogP contribution in [-0.4, -0.2) is 49.4 Å². The van der Waals surface area contributed by atoms with Crippen LogP contribution < -0.4 is 10.2 Å². The van der Waals surface area contributed by atoms with Gasteiger partial charge < -0.3 is 10.2 Å². The number of amides is 1. The number of carbonyl (C=O) groups excluding carboxylic acids is 1. The van der Waals surface area contributed by atoms with Crippen LogP contribution in [0.4, 0.5) is 10.1 Å². The highest BCUT2D eigenvalue weighted by molar-refractivity contribution is 7.91. The molecule has 1 aliphatic heterocycles. The van der Waals surface area contributed by atoms with Crippen molar-refractivity contribution in [3.63, 3.8) is 0 Å². The lowest BCUT2D eigenvalue weighted by Crippen LogP contribution is -2.42. The van der Waals surface area contributed by atoms with Crippen molar-refractivity contribution in [1.29, 1.82) is 5.26 Å². The van der Waals surface area contributed by atoms with E-state index in [0.717, 1.165) is 58.1 Å². The predicted molar refractivity (Wildman–Crippen MR) is 154 cm³/mol. The molecular formula is C30H31FN4O3S2. The summed E-state index contributed by atoms with van der Waals surface area (Å²) in [6, 6.07) is 16.7. The Hall–Kier alpha value is -3.29. The van der Waals surface area contributed by atoms with Crippen molar-refractivity contribution in [1.82, 2.24) is 10.3 Å². The largest absolute Gasteiger partial charge is 0.369 e. The van der Waals surface area contributed by atoms with Crippen molar-refractivity contribution >= 4 is 32.8 Å². The molecule has 2 aliphatic carbocycles. The number of nitrogens with one attached hydrogen (secondary N) is 1. The van der Waals surface area contributed by atoms with Gasteiger partial charge in [0.05, 0.1) is 28.1 Å². The van der Waals surface area contributed by atoms with Crippen LogP contribution >= 0.6 is 11.3 Å². The zero-order chi connectivity index (χ0) is 27.9. The summed E-state index contributed by atoms with van der Waals surface area (Å²) in [5.74, 6) is -0.412. The third-order valence-corrected chi connectivity index (χ3v) is 11.1. The quantitative estimate of drug-likeness (QED) is 0.426. The lowest BCUT2D eigenvalue weighted by atomic mass is 9.76. The summed E-state index contributed by atoms with van der Waals surface area (Å²) in [5.41, 5.74) is 2.94. The van der Waals surface area contributed by atoms with Gasteiger partial charge in [0.1, 0.15) is 16.4 Å². The highest BCUT2D eigenvalue weighted by Gasteiger charge is 2.47. The third kappa shape index (κ3) is 5.50. The fourth-order valence-electron chi connectivity index (χ4n) is 5.79. The lowest BCUT2D eigenvalue weighted by molar-refractivity contribution is -0.127. The molecule has 3 aromatic rings. The zero-order valence-corrected chi connectivity index (χ0v) is 23.7. The SMILES string of the molecule is N#CC1(NC(=O)[C@@H]2CCCC[C@H]2c2nc(-c3ccc(F)cc3)sc2-c2ccc(N3CCS(=O)(=O)CC3)cc2)CC1. The Kier molecular flexibility index (Phi) is 7.13. The minimum Gasteiger partial charge on any atom is -0.369 e. The van der Waals surface area contributed by atoms with Crippen molar-refractivity contribution in [2.75, 3.05) is 29.5 Å². The van der Waals surface area contributed by atoms with E-state index < -0.39 is 15.4 Å². The number of carbonyl (C=O) groups is 1. The number of nitriles is 1. The Morgan fingerprint density at radius 3 is 2.33 bits per heavy atom. The minimum absolute atomic E-state index is 0.0681. The van der Waals surface area contributed by atoms with E-state index in [-0.39, 0.29) is 35.1 Å². The fraction of sp³-hybridized carbons (Fsp3) is 0.433. The molecule has 2 aromatic carbocycles. The molecule has 6 rings (SSSR count). The van der Waals surface area contributed by atoms with Crippen molar-refractivity contribution in [3.05, 3.63) is 60.0 Å². The molecule has 2 atom stereocenters. The second-order valence-electron chi connectivity index (χ2n) is 11.1. The van der Waals surface area contributed by atoms with Gasteiger partial charge in [-0.3, -0.25) is 4.79 Å². The number of anilines is 1. The molecule has 3 fully saturated rings. The van der Waals surface area contributed by atoms with Crippen molar-refractivity contribution < 1.29 is 17.6 Å². The summed E-state index contributed by atoms with van der Waals surface area (Å²) in [5, 5.41) is 13.3. The summed E-state index contributed by atoms with van der Waals surface area (Å²) < 4.78 is 37.4. The van der Waals surface area contributed by atoms with Crippen LogP contribution in [0.2, 0.25) is 0 Å². The Labute approximate surface area is 238 Å². The Balaban J connectivity index is 1.35. The van der Waals surface area contributed by atoms with Crippen molar-refractivity contribution in [2.24, 2.45) is 5.92 Å². The number of thiazole rings is 1. The number of rotatable bonds is 6. The molecule has 0 spiro atoms. The van der Waals surface area contributed by atoms with E-state index in [9.17, 15) is 22.9 Å². The number of hydrogen-bond donors (Lipinski definition) is 1. The number of aromatic nitrogens is 1. The first-order chi connectivity index (χ1) is 19.3. The zero-order valence-electron chi connectivity index (χ0n) is 22.1. The molecule has 3 aliphatic rings. The van der Waals surface area contributed by atoms with Crippen LogP contribution in [0.15, 0.2) is 48.5 Å². The molecule has 1 aromatic heterocycles. The number of hydrogen-bond acceptors (Lipinski definition) is 7. The Morgan fingerprint density at radius 2 is 1.68 bits per heavy atom. The Bertz CT molecular complexity index is 1540. The number of nitrogens with zero attached hydrogens (tertiary/aromatic N) is 3. The van der Waals surface area contributed by atoms with E-state index in [1.807, 2.05) is 24.3 Å². The van der Waals surface area contributed by atoms with Gasteiger partial charge in [0.25, 0.3) is 0 Å². The summed E-state index contributed by atoms with van der Waals surface area (Å²) in [4.78, 5) is 21.6. The lowest BCUT2D eigenvalue weighted by Gasteiger charge is -2.31. The monoisotopic (exact) mass is 578 g/mol. The van der Waals surface area contributed by atoms with E-state index in [1.54, 1.807) is 12.1 Å². The van der Waals surface area contributed by atoms with Gasteiger partial charge in [0.15, 0.2) is 9.84 Å². The van der Waals surface area contributed by atoms with Crippen LogP contribution in [0.25, 0.3) is 21.0 Å². The maximum atomic E-state index is 13.7. The van der Waals surface area contributed by atoms with Crippen LogP contribution in [0, 0.1) is 23.1 Å². The predicted octanol–water partition coefficient (Wildman–Crippen LogP) is 5.30. The van der Waals surface area contributed by atoms with E-state index in [0.29, 0.717) is 25.9 Å². The van der Waals surface area contributed by atoms with Crippen LogP contribution in [-0.2, 0) is 14.6 Å². The second-order valence-corrected chi connectivity index (χ2v) is 14.4. The topological polar surface area (TPSA) is 103 Å². The first-order valence-electron chi connectivity index (χ1n) is 13.8. The highest BCUT2D eigenvalue weighted by atomic mass is 32.2. The van der Waals surface area contributed by atoms with Gasteiger partial charge in [-0.2, -0.15) is 5.26 Å². The maximum absolute atomic E-state index is 13.7. The molecule has 40 heavy (non-hydrogen) atoms. The van der Waals surface area contributed by atoms with Crippen LogP contribution in [0.1, 0.15) is 50.1 Å². The summed E-state index contributed by atoms with van der Waals surface area (Å²) in [6.45, 7) is 0.955. The number of benzene rings is 2. The molecule has 7 nitrogen and oxygen atoms in total. The van der Waals surface area contributed by atoms with E-state index in [4.69, 9.17) is 4.98 Å². The van der Waals surface area contributed by atoms with E-state index >= 15 is 0 Å². The van der Waals surface area contributed by atoms with Crippen LogP contribution in [0.5, 0.6) is 0 Å². The molecule has 1 saturated heterocycles. The average molecular weight is 579 g/mol. The van der Waals surface area contributed by atoms with E-state index in [2.05, 4.69) is 16.3 Å². The standard InChI is InChI=1S/C30H31FN4O3S2/c31-22-9-5-21(6-10-22)29-33-26(24-3-1-2-4-25(24)28(36)34-30(19-32)13-14-30)27(39-29)20-7-11-23(12-8-20)35-15-17-40(37,38)18-16-35/h5-12,24-25H,1-4,13-18H2,(H,34,36)/t24-,25-/m1/s1. The van der Waals surface area contributed by atoms with Crippen molar-refractivity contribution in [3.8, 4) is 27.1 Å². The first-order valence-corrected chi connectivity index (χ1v) is 16.5. The van der Waals surface area contributed by atoms with Gasteiger partial charge in [-0.15, -0.1) is 11.3 Å². The summed E-state index contributed by atoms with van der Waals surface area (Å²) in [6.07, 6.45) is 4.92. The highest BCUT2D eigenvalue weighted by Crippen LogP contribution is 2.46. The number of sulfone groups is 1. The molecule has 1 amide bonds. The van der Waals surface area contributed by atoms with Gasteiger partial charge in [-0.05, 0) is 67.6 Å². The molecule has 0 bridgehead atoms. The van der Waals surface area contributed by atoms with Gasteiger partial charge in [-0.25, -0.2) is 17.8 Å². The summed E-state index contributed by atoms with van der Waals surface area (Å²) in [7, 11) is -2.96. The normalized spacial score (nSPS) is 23.2. The molecule has 2 saturated carbocycles. The van der Waals surface area contributed by atoms with Crippen molar-refractivity contribution in [2.45, 2.75) is 50.0 Å². The molecule has 208 valence electrons. The van der Waals surface area contributed by atoms with Gasteiger partial charge >= 0.3 is 0 Å².